The lowest BCUT2D eigenvalue weighted by Crippen LogP contribution is -2.39. The Morgan fingerprint density at radius 1 is 1.02 bits per heavy atom. The van der Waals surface area contributed by atoms with E-state index in [-0.39, 0.29) is 11.5 Å². The third-order valence-electron chi connectivity index (χ3n) is 8.19. The number of methoxy groups -OCH3 is 2. The molecule has 3 heterocycles. The highest BCUT2D eigenvalue weighted by molar-refractivity contribution is 7.07. The fourth-order valence-electron chi connectivity index (χ4n) is 6.05. The molecular formula is C36H30N2O6S. The largest absolute Gasteiger partial charge is 0.497 e. The zero-order chi connectivity index (χ0) is 31.1. The molecule has 0 radical (unpaired) electrons. The molecule has 0 saturated heterocycles. The number of hydrogen-bond donors (Lipinski definition) is 0. The standard InChI is InChI=1S/C36H30N2O6S/c1-4-43-35(40)23-11-9-22(10-12-23)29-17-15-25(44-29)20-31-34(39)38-33(28-19-24(41-2)14-18-30(28)42-3)27-16-13-21-7-5-6-8-26(21)32(27)37-36(38)45-31/h5-12,14-15,17-20,33H,4,13,16H2,1-3H3/b31-20+. The van der Waals surface area contributed by atoms with Crippen LogP contribution in [0.25, 0.3) is 23.1 Å². The number of allylic oxidation sites excluding steroid dienone is 1. The fraction of sp³-hybridized carbons (Fsp3) is 0.194. The molecule has 0 saturated carbocycles. The molecule has 8 nitrogen and oxygen atoms in total. The first kappa shape index (κ1) is 28.6. The smallest absolute Gasteiger partial charge is 0.338 e. The number of hydrogen-bond acceptors (Lipinski definition) is 8. The van der Waals surface area contributed by atoms with Crippen molar-refractivity contribution >= 4 is 29.1 Å². The number of carbonyl (C=O) groups is 1. The van der Waals surface area contributed by atoms with Gasteiger partial charge >= 0.3 is 5.97 Å². The summed E-state index contributed by atoms with van der Waals surface area (Å²) in [6.45, 7) is 2.09. The number of rotatable bonds is 7. The van der Waals surface area contributed by atoms with Crippen molar-refractivity contribution in [1.29, 1.82) is 0 Å². The quantitative estimate of drug-likeness (QED) is 0.215. The van der Waals surface area contributed by atoms with Crippen LogP contribution in [0.5, 0.6) is 11.5 Å². The van der Waals surface area contributed by atoms with E-state index >= 15 is 0 Å². The summed E-state index contributed by atoms with van der Waals surface area (Å²) in [4.78, 5) is 31.9. The van der Waals surface area contributed by atoms with E-state index in [9.17, 15) is 9.59 Å². The molecule has 3 aromatic carbocycles. The molecule has 1 aliphatic carbocycles. The second-order valence-corrected chi connectivity index (χ2v) is 11.7. The molecule has 0 N–H and O–H groups in total. The van der Waals surface area contributed by atoms with Crippen LogP contribution in [0, 0.1) is 0 Å². The molecule has 0 amide bonds. The molecule has 0 fully saturated rings. The first-order chi connectivity index (χ1) is 22.0. The van der Waals surface area contributed by atoms with Crippen LogP contribution in [0.15, 0.2) is 98.6 Å². The predicted molar refractivity (Wildman–Crippen MR) is 172 cm³/mol. The average molecular weight is 619 g/mol. The highest BCUT2D eigenvalue weighted by Crippen LogP contribution is 2.44. The molecule has 7 rings (SSSR count). The van der Waals surface area contributed by atoms with Gasteiger partial charge in [0, 0.05) is 22.8 Å². The Bertz CT molecular complexity index is 2150. The maximum absolute atomic E-state index is 14.2. The molecule has 1 atom stereocenters. The first-order valence-electron chi connectivity index (χ1n) is 14.7. The van der Waals surface area contributed by atoms with Gasteiger partial charge in [0.2, 0.25) is 0 Å². The Hall–Kier alpha value is -5.15. The van der Waals surface area contributed by atoms with Crippen LogP contribution < -0.4 is 24.4 Å². The summed E-state index contributed by atoms with van der Waals surface area (Å²) in [5, 5.41) is 0. The zero-order valence-corrected chi connectivity index (χ0v) is 25.9. The molecule has 45 heavy (non-hydrogen) atoms. The monoisotopic (exact) mass is 618 g/mol. The third-order valence-corrected chi connectivity index (χ3v) is 9.17. The Balaban J connectivity index is 1.35. The van der Waals surface area contributed by atoms with Gasteiger partial charge in [0.15, 0.2) is 4.80 Å². The topological polar surface area (TPSA) is 92.3 Å². The summed E-state index contributed by atoms with van der Waals surface area (Å²) in [7, 11) is 3.27. The minimum absolute atomic E-state index is 0.157. The zero-order valence-electron chi connectivity index (χ0n) is 25.0. The minimum atomic E-state index is -0.415. The molecule has 2 aliphatic rings. The number of benzene rings is 3. The van der Waals surface area contributed by atoms with Crippen LogP contribution in [0.2, 0.25) is 0 Å². The van der Waals surface area contributed by atoms with Gasteiger partial charge < -0.3 is 18.6 Å². The molecule has 9 heteroatoms. The summed E-state index contributed by atoms with van der Waals surface area (Å²) in [6.07, 6.45) is 3.38. The van der Waals surface area contributed by atoms with Crippen molar-refractivity contribution in [3.05, 3.63) is 132 Å². The van der Waals surface area contributed by atoms with E-state index in [1.54, 1.807) is 43.9 Å². The number of aromatic nitrogens is 1. The number of furan rings is 1. The van der Waals surface area contributed by atoms with Crippen LogP contribution >= 0.6 is 11.3 Å². The number of thiazole rings is 1. The minimum Gasteiger partial charge on any atom is -0.497 e. The van der Waals surface area contributed by atoms with Gasteiger partial charge in [-0.05, 0) is 73.4 Å². The lowest BCUT2D eigenvalue weighted by molar-refractivity contribution is 0.0526. The summed E-state index contributed by atoms with van der Waals surface area (Å²) in [6, 6.07) is 24.3. The number of aryl methyl sites for hydroxylation is 1. The summed E-state index contributed by atoms with van der Waals surface area (Å²) >= 11 is 1.33. The van der Waals surface area contributed by atoms with Crippen molar-refractivity contribution < 1.29 is 23.4 Å². The highest BCUT2D eigenvalue weighted by atomic mass is 32.1. The van der Waals surface area contributed by atoms with Crippen molar-refractivity contribution in [1.82, 2.24) is 4.57 Å². The lowest BCUT2D eigenvalue weighted by Gasteiger charge is -2.31. The summed E-state index contributed by atoms with van der Waals surface area (Å²) in [5.41, 5.74) is 6.29. The van der Waals surface area contributed by atoms with E-state index in [1.165, 1.54) is 16.9 Å². The molecule has 1 unspecified atom stereocenters. The van der Waals surface area contributed by atoms with E-state index in [2.05, 4.69) is 18.2 Å². The maximum Gasteiger partial charge on any atom is 0.338 e. The summed E-state index contributed by atoms with van der Waals surface area (Å²) in [5.74, 6) is 2.15. The van der Waals surface area contributed by atoms with E-state index in [1.807, 2.05) is 48.5 Å². The molecule has 226 valence electrons. The van der Waals surface area contributed by atoms with Gasteiger partial charge in [-0.2, -0.15) is 0 Å². The average Bonchev–Trinajstić information content (AvgIpc) is 3.67. The number of nitrogens with zero attached hydrogens (tertiary/aromatic N) is 2. The fourth-order valence-corrected chi connectivity index (χ4v) is 7.03. The Morgan fingerprint density at radius 2 is 1.84 bits per heavy atom. The molecule has 0 bridgehead atoms. The SMILES string of the molecule is CCOC(=O)c1ccc(-c2ccc(/C=c3/sc4n(c3=O)C(c3cc(OC)ccc3OC)C3=C(N=4)c4ccccc4CC3)o2)cc1. The van der Waals surface area contributed by atoms with Gasteiger partial charge in [-0.3, -0.25) is 9.36 Å². The van der Waals surface area contributed by atoms with Crippen LogP contribution in [0.4, 0.5) is 0 Å². The summed E-state index contributed by atoms with van der Waals surface area (Å²) < 4.78 is 24.9. The van der Waals surface area contributed by atoms with Crippen molar-refractivity contribution in [3.8, 4) is 22.8 Å². The van der Waals surface area contributed by atoms with Gasteiger partial charge in [0.05, 0.1) is 42.7 Å². The van der Waals surface area contributed by atoms with E-state index in [4.69, 9.17) is 23.6 Å². The van der Waals surface area contributed by atoms with Gasteiger partial charge in [0.25, 0.3) is 5.56 Å². The van der Waals surface area contributed by atoms with Gasteiger partial charge in [-0.15, -0.1) is 0 Å². The molecular weight excluding hydrogens is 588 g/mol. The Labute approximate surface area is 263 Å². The number of ether oxygens (including phenoxy) is 3. The predicted octanol–water partition coefficient (Wildman–Crippen LogP) is 5.77. The van der Waals surface area contributed by atoms with Crippen LogP contribution in [-0.2, 0) is 11.2 Å². The maximum atomic E-state index is 14.2. The lowest BCUT2D eigenvalue weighted by atomic mass is 9.83. The molecule has 0 spiro atoms. The van der Waals surface area contributed by atoms with Crippen molar-refractivity contribution in [2.75, 3.05) is 20.8 Å². The van der Waals surface area contributed by atoms with Crippen LogP contribution in [-0.4, -0.2) is 31.4 Å². The van der Waals surface area contributed by atoms with Crippen LogP contribution in [0.1, 0.15) is 52.2 Å². The second kappa shape index (κ2) is 11.7. The Kier molecular flexibility index (Phi) is 7.47. The molecule has 5 aromatic rings. The van der Waals surface area contributed by atoms with E-state index < -0.39 is 6.04 Å². The molecule has 2 aromatic heterocycles. The van der Waals surface area contributed by atoms with Crippen molar-refractivity contribution in [3.63, 3.8) is 0 Å². The van der Waals surface area contributed by atoms with Crippen molar-refractivity contribution in [2.45, 2.75) is 25.8 Å². The third kappa shape index (κ3) is 5.09. The van der Waals surface area contributed by atoms with Gasteiger partial charge in [-0.1, -0.05) is 47.7 Å². The number of fused-ring (bicyclic) bond motifs is 3. The van der Waals surface area contributed by atoms with E-state index in [0.29, 0.717) is 44.5 Å². The number of carbonyl (C=O) groups excluding carboxylic acids is 1. The van der Waals surface area contributed by atoms with Gasteiger partial charge in [-0.25, -0.2) is 9.79 Å². The normalized spacial score (nSPS) is 15.5. The van der Waals surface area contributed by atoms with Gasteiger partial charge in [0.1, 0.15) is 23.0 Å². The first-order valence-corrected chi connectivity index (χ1v) is 15.5. The molecule has 1 aliphatic heterocycles. The van der Waals surface area contributed by atoms with E-state index in [0.717, 1.165) is 40.8 Å². The number of esters is 1. The van der Waals surface area contributed by atoms with Crippen LogP contribution in [0.3, 0.4) is 0 Å². The Morgan fingerprint density at radius 3 is 2.62 bits per heavy atom. The second-order valence-electron chi connectivity index (χ2n) is 10.7. The van der Waals surface area contributed by atoms with Crippen molar-refractivity contribution in [2.24, 2.45) is 4.99 Å². The highest BCUT2D eigenvalue weighted by Gasteiger charge is 2.34.